The highest BCUT2D eigenvalue weighted by atomic mass is 19.1. The van der Waals surface area contributed by atoms with Crippen LogP contribution in [0, 0.1) is 23.0 Å². The molecule has 0 aromatic heterocycles. The van der Waals surface area contributed by atoms with Crippen molar-refractivity contribution in [2.75, 3.05) is 0 Å². The molecule has 7 aromatic carbocycles. The number of unbranched alkanes of at least 4 members (excludes halogenated alkanes) is 26. The first-order valence-corrected chi connectivity index (χ1v) is 33.4. The molecule has 0 aliphatic heterocycles. The van der Waals surface area contributed by atoms with Crippen molar-refractivity contribution < 1.29 is 46.9 Å². The Kier molecular flexibility index (Phi) is 30.0. The van der Waals surface area contributed by atoms with Crippen molar-refractivity contribution in [2.24, 2.45) is 0 Å². The van der Waals surface area contributed by atoms with E-state index in [1.165, 1.54) is 221 Å². The molecule has 0 atom stereocenters. The molecular weight excluding hydrogens is 1130 g/mol. The number of rotatable bonds is 40. The van der Waals surface area contributed by atoms with Gasteiger partial charge in [-0.1, -0.05) is 260 Å². The van der Waals surface area contributed by atoms with Crippen molar-refractivity contribution in [3.05, 3.63) is 202 Å². The number of ether oxygens (including phenoxy) is 4. The first kappa shape index (κ1) is 69.2. The molecule has 0 bridgehead atoms. The molecule has 7 aromatic rings. The van der Waals surface area contributed by atoms with Gasteiger partial charge in [-0.25, -0.2) is 28.0 Å². The summed E-state index contributed by atoms with van der Waals surface area (Å²) in [5.41, 5.74) is 5.45. The monoisotopic (exact) mass is 1220 g/mol. The molecule has 0 amide bonds. The van der Waals surface area contributed by atoms with Crippen LogP contribution in [0.25, 0.3) is 22.3 Å². The lowest BCUT2D eigenvalue weighted by Gasteiger charge is -2.12. The van der Waals surface area contributed by atoms with Gasteiger partial charge in [0.05, 0.1) is 22.3 Å². The molecule has 474 valence electrons. The molecule has 0 spiro atoms. The number of nitrogens with zero attached hydrogens (tertiary/aromatic N) is 1. The summed E-state index contributed by atoms with van der Waals surface area (Å²) in [4.78, 5) is 52.8. The van der Waals surface area contributed by atoms with E-state index < -0.39 is 52.2 Å². The lowest BCUT2D eigenvalue weighted by atomic mass is 10.00. The quantitative estimate of drug-likeness (QED) is 0.0209. The van der Waals surface area contributed by atoms with Gasteiger partial charge in [-0.05, 0) is 120 Å². The Morgan fingerprint density at radius 1 is 0.344 bits per heavy atom. The second-order valence-electron chi connectivity index (χ2n) is 23.8. The van der Waals surface area contributed by atoms with Crippen molar-refractivity contribution in [1.82, 2.24) is 0 Å². The van der Waals surface area contributed by atoms with E-state index >= 15 is 8.78 Å². The molecule has 0 saturated carbocycles. The number of esters is 4. The van der Waals surface area contributed by atoms with E-state index in [1.807, 2.05) is 30.3 Å². The van der Waals surface area contributed by atoms with Crippen LogP contribution >= 0.6 is 0 Å². The van der Waals surface area contributed by atoms with Crippen LogP contribution in [0.1, 0.15) is 252 Å². The highest BCUT2D eigenvalue weighted by Crippen LogP contribution is 2.32. The fourth-order valence-electron chi connectivity index (χ4n) is 11.3. The summed E-state index contributed by atoms with van der Waals surface area (Å²) in [6.07, 6.45) is 39.5. The van der Waals surface area contributed by atoms with Gasteiger partial charge in [0.1, 0.15) is 34.8 Å². The predicted molar refractivity (Wildman–Crippen MR) is 356 cm³/mol. The lowest BCUT2D eigenvalue weighted by molar-refractivity contribution is 0.0720. The Balaban J connectivity index is 0.806. The van der Waals surface area contributed by atoms with E-state index in [0.29, 0.717) is 0 Å². The van der Waals surface area contributed by atoms with Crippen LogP contribution in [-0.4, -0.2) is 23.9 Å². The molecular formula is C79H91F2NO8. The van der Waals surface area contributed by atoms with Crippen LogP contribution in [-0.2, 0) is 12.8 Å². The summed E-state index contributed by atoms with van der Waals surface area (Å²) in [6.45, 7) is 4.53. The van der Waals surface area contributed by atoms with Crippen LogP contribution in [0.4, 0.5) is 8.78 Å². The molecule has 0 fully saturated rings. The Hall–Kier alpha value is -8.23. The molecule has 0 unspecified atom stereocenters. The van der Waals surface area contributed by atoms with Crippen LogP contribution in [0.3, 0.4) is 0 Å². The van der Waals surface area contributed by atoms with Crippen LogP contribution in [0.2, 0.25) is 0 Å². The van der Waals surface area contributed by atoms with Crippen LogP contribution in [0.5, 0.6) is 23.0 Å². The van der Waals surface area contributed by atoms with Crippen molar-refractivity contribution in [2.45, 2.75) is 206 Å². The summed E-state index contributed by atoms with van der Waals surface area (Å²) in [6, 6.07) is 42.7. The Morgan fingerprint density at radius 2 is 0.633 bits per heavy atom. The molecule has 0 heterocycles. The molecule has 0 aliphatic carbocycles. The highest BCUT2D eigenvalue weighted by molar-refractivity contribution is 5.95. The molecule has 11 heteroatoms. The first-order chi connectivity index (χ1) is 44.0. The zero-order valence-corrected chi connectivity index (χ0v) is 53.1. The predicted octanol–water partition coefficient (Wildman–Crippen LogP) is 22.1. The van der Waals surface area contributed by atoms with Crippen molar-refractivity contribution in [1.29, 1.82) is 5.26 Å². The summed E-state index contributed by atoms with van der Waals surface area (Å²) < 4.78 is 52.6. The minimum absolute atomic E-state index is 0.163. The van der Waals surface area contributed by atoms with E-state index in [4.69, 9.17) is 18.9 Å². The number of benzene rings is 7. The molecule has 0 aliphatic rings. The lowest BCUT2D eigenvalue weighted by Crippen LogP contribution is -2.15. The number of aryl methyl sites for hydroxylation is 2. The first-order valence-electron chi connectivity index (χ1n) is 33.4. The number of halogens is 2. The van der Waals surface area contributed by atoms with Gasteiger partial charge < -0.3 is 18.9 Å². The van der Waals surface area contributed by atoms with Crippen molar-refractivity contribution in [3.63, 3.8) is 0 Å². The largest absolute Gasteiger partial charge is 0.423 e. The van der Waals surface area contributed by atoms with E-state index in [9.17, 15) is 24.4 Å². The summed E-state index contributed by atoms with van der Waals surface area (Å²) in [5.74, 6) is -7.09. The Morgan fingerprint density at radius 3 is 0.922 bits per heavy atom. The van der Waals surface area contributed by atoms with Gasteiger partial charge in [0.2, 0.25) is 0 Å². The van der Waals surface area contributed by atoms with Gasteiger partial charge in [0.15, 0.2) is 11.5 Å². The van der Waals surface area contributed by atoms with Crippen LogP contribution in [0.15, 0.2) is 152 Å². The van der Waals surface area contributed by atoms with Gasteiger partial charge in [-0.3, -0.25) is 0 Å². The average molecular weight is 1220 g/mol. The molecule has 7 rings (SSSR count). The van der Waals surface area contributed by atoms with Crippen molar-refractivity contribution >= 4 is 23.9 Å². The standard InChI is InChI=1S/C79H91F2NO8/c1-3-5-7-9-11-13-15-17-19-21-23-25-27-29-32-59-36-40-61(41-37-59)63-44-48-65(49-45-63)76(83)87-67-52-54-69(72(80)56-67)78(85)89-74-34-31-35-75(71(74)58-82)90-79(86)70-55-53-68(57-73(70)81)88-77(84)66-50-46-64(47-51-66)62-42-38-60(39-43-62)33-30-28-26-24-22-20-18-16-14-12-10-8-6-4-2/h31,34-57H,3-30,32-33H2,1-2H3. The maximum Gasteiger partial charge on any atom is 0.346 e. The minimum atomic E-state index is -1.20. The molecule has 9 nitrogen and oxygen atoms in total. The fourth-order valence-corrected chi connectivity index (χ4v) is 11.3. The second-order valence-corrected chi connectivity index (χ2v) is 23.8. The third kappa shape index (κ3) is 23.3. The number of hydrogen-bond donors (Lipinski definition) is 0. The summed E-state index contributed by atoms with van der Waals surface area (Å²) in [7, 11) is 0. The molecule has 90 heavy (non-hydrogen) atoms. The SMILES string of the molecule is CCCCCCCCCCCCCCCCc1ccc(-c2ccc(C(=O)Oc3ccc(C(=O)Oc4cccc(OC(=O)c5ccc(OC(=O)c6ccc(-c7ccc(CCCCCCCCCCCCCCCC)cc7)cc6)cc5F)c4C#N)c(F)c3)cc2)cc1. The van der Waals surface area contributed by atoms with Gasteiger partial charge in [-0.2, -0.15) is 5.26 Å². The van der Waals surface area contributed by atoms with Gasteiger partial charge >= 0.3 is 23.9 Å². The third-order valence-corrected chi connectivity index (χ3v) is 16.7. The Labute approximate surface area is 533 Å². The zero-order chi connectivity index (χ0) is 63.6. The molecule has 0 N–H and O–H groups in total. The fraction of sp³-hybridized carbons (Fsp3) is 0.405. The maximum atomic E-state index is 15.5. The van der Waals surface area contributed by atoms with E-state index in [0.717, 1.165) is 59.4 Å². The topological polar surface area (TPSA) is 129 Å². The number of nitriles is 1. The Bertz CT molecular complexity index is 3150. The zero-order valence-electron chi connectivity index (χ0n) is 53.1. The number of carbonyl (C=O) groups is 4. The van der Waals surface area contributed by atoms with E-state index in [-0.39, 0.29) is 34.1 Å². The van der Waals surface area contributed by atoms with E-state index in [2.05, 4.69) is 62.4 Å². The highest BCUT2D eigenvalue weighted by Gasteiger charge is 2.23. The van der Waals surface area contributed by atoms with Crippen LogP contribution < -0.4 is 18.9 Å². The number of hydrogen-bond acceptors (Lipinski definition) is 9. The second kappa shape index (κ2) is 39.0. The van der Waals surface area contributed by atoms with Gasteiger partial charge in [-0.15, -0.1) is 0 Å². The van der Waals surface area contributed by atoms with Crippen molar-refractivity contribution in [3.8, 4) is 51.3 Å². The normalized spacial score (nSPS) is 11.1. The summed E-state index contributed by atoms with van der Waals surface area (Å²) >= 11 is 0. The minimum Gasteiger partial charge on any atom is -0.423 e. The smallest absolute Gasteiger partial charge is 0.346 e. The molecule has 0 radical (unpaired) electrons. The number of carbonyl (C=O) groups excluding carboxylic acids is 4. The maximum absolute atomic E-state index is 15.5. The van der Waals surface area contributed by atoms with E-state index in [1.54, 1.807) is 24.3 Å². The summed E-state index contributed by atoms with van der Waals surface area (Å²) in [5, 5.41) is 10.1. The third-order valence-electron chi connectivity index (χ3n) is 16.7. The van der Waals surface area contributed by atoms with Gasteiger partial charge in [0.25, 0.3) is 0 Å². The van der Waals surface area contributed by atoms with Gasteiger partial charge in [0, 0.05) is 12.1 Å². The molecule has 0 saturated heterocycles. The average Bonchev–Trinajstić information content (AvgIpc) is 1.59.